The molecule has 2 N–H and O–H groups in total. The molecular weight excluding hydrogens is 272 g/mol. The highest BCUT2D eigenvalue weighted by molar-refractivity contribution is 7.15. The van der Waals surface area contributed by atoms with Crippen LogP contribution in [-0.4, -0.2) is 40.2 Å². The molecule has 1 saturated heterocycles. The number of aromatic nitrogens is 2. The lowest BCUT2D eigenvalue weighted by molar-refractivity contribution is 0.154. The average molecular weight is 294 g/mol. The number of imidazole rings is 1. The van der Waals surface area contributed by atoms with Gasteiger partial charge in [0.05, 0.1) is 11.8 Å². The molecule has 0 spiro atoms. The van der Waals surface area contributed by atoms with E-state index in [1.54, 1.807) is 11.3 Å². The van der Waals surface area contributed by atoms with Gasteiger partial charge in [0.25, 0.3) is 0 Å². The van der Waals surface area contributed by atoms with Crippen molar-refractivity contribution in [1.82, 2.24) is 14.7 Å². The molecule has 0 radical (unpaired) electrons. The molecule has 2 aromatic heterocycles. The molecule has 20 heavy (non-hydrogen) atoms. The van der Waals surface area contributed by atoms with Gasteiger partial charge in [0.15, 0.2) is 10.8 Å². The third kappa shape index (κ3) is 2.68. The Morgan fingerprint density at radius 3 is 3.25 bits per heavy atom. The van der Waals surface area contributed by atoms with Gasteiger partial charge in [-0.05, 0) is 25.8 Å². The molecule has 3 rings (SSSR count). The Balaban J connectivity index is 1.88. The first-order valence-corrected chi connectivity index (χ1v) is 8.25. The van der Waals surface area contributed by atoms with Crippen molar-refractivity contribution in [3.8, 4) is 0 Å². The molecule has 0 saturated carbocycles. The van der Waals surface area contributed by atoms with E-state index >= 15 is 0 Å². The second kappa shape index (κ2) is 6.11. The largest absolute Gasteiger partial charge is 0.391 e. The molecule has 0 aromatic carbocycles. The van der Waals surface area contributed by atoms with E-state index in [1.807, 2.05) is 0 Å². The number of nitrogens with zero attached hydrogens (tertiary/aromatic N) is 3. The van der Waals surface area contributed by atoms with Crippen LogP contribution in [0.15, 0.2) is 11.6 Å². The fourth-order valence-electron chi connectivity index (χ4n) is 2.77. The lowest BCUT2D eigenvalue weighted by atomic mass is 10.1. The first kappa shape index (κ1) is 13.9. The van der Waals surface area contributed by atoms with Crippen LogP contribution in [0, 0.1) is 0 Å². The van der Waals surface area contributed by atoms with Gasteiger partial charge in [0.1, 0.15) is 0 Å². The van der Waals surface area contributed by atoms with Crippen LogP contribution >= 0.6 is 11.3 Å². The zero-order chi connectivity index (χ0) is 13.9. The minimum absolute atomic E-state index is 0.222. The second-order valence-corrected chi connectivity index (χ2v) is 6.23. The maximum absolute atomic E-state index is 9.88. The van der Waals surface area contributed by atoms with Crippen LogP contribution in [0.5, 0.6) is 0 Å². The number of nitrogens with one attached hydrogen (secondary N) is 1. The highest BCUT2D eigenvalue weighted by Gasteiger charge is 2.23. The Morgan fingerprint density at radius 1 is 1.55 bits per heavy atom. The summed E-state index contributed by atoms with van der Waals surface area (Å²) in [6.45, 7) is 5.70. The Hall–Kier alpha value is -1.11. The van der Waals surface area contributed by atoms with Gasteiger partial charge < -0.3 is 15.3 Å². The van der Waals surface area contributed by atoms with E-state index in [-0.39, 0.29) is 6.10 Å². The number of aliphatic hydroxyl groups is 1. The third-order valence-electron chi connectivity index (χ3n) is 3.76. The normalized spacial score (nSPS) is 19.9. The zero-order valence-corrected chi connectivity index (χ0v) is 12.7. The minimum atomic E-state index is -0.222. The molecule has 1 atom stereocenters. The van der Waals surface area contributed by atoms with E-state index in [2.05, 4.69) is 33.1 Å². The predicted octanol–water partition coefficient (Wildman–Crippen LogP) is 1.86. The molecule has 2 aromatic rings. The van der Waals surface area contributed by atoms with Crippen molar-refractivity contribution in [2.24, 2.45) is 0 Å². The van der Waals surface area contributed by atoms with E-state index in [4.69, 9.17) is 4.98 Å². The lowest BCUT2D eigenvalue weighted by Gasteiger charge is -2.31. The molecule has 6 heteroatoms. The Labute approximate surface area is 123 Å². The number of hydrogen-bond donors (Lipinski definition) is 2. The highest BCUT2D eigenvalue weighted by Crippen LogP contribution is 2.27. The summed E-state index contributed by atoms with van der Waals surface area (Å²) in [6, 6.07) is 0. The van der Waals surface area contributed by atoms with Crippen molar-refractivity contribution in [2.75, 3.05) is 24.5 Å². The Morgan fingerprint density at radius 2 is 2.45 bits per heavy atom. The summed E-state index contributed by atoms with van der Waals surface area (Å²) < 4.78 is 2.17. The fourth-order valence-corrected chi connectivity index (χ4v) is 3.50. The highest BCUT2D eigenvalue weighted by atomic mass is 32.1. The molecule has 1 aliphatic rings. The van der Waals surface area contributed by atoms with Crippen LogP contribution in [0.4, 0.5) is 5.82 Å². The first-order valence-electron chi connectivity index (χ1n) is 7.37. The van der Waals surface area contributed by atoms with Crippen molar-refractivity contribution < 1.29 is 5.11 Å². The summed E-state index contributed by atoms with van der Waals surface area (Å²) >= 11 is 1.66. The number of rotatable bonds is 5. The van der Waals surface area contributed by atoms with Gasteiger partial charge in [-0.2, -0.15) is 0 Å². The topological polar surface area (TPSA) is 52.8 Å². The van der Waals surface area contributed by atoms with Crippen LogP contribution in [-0.2, 0) is 6.54 Å². The molecule has 1 fully saturated rings. The van der Waals surface area contributed by atoms with Gasteiger partial charge >= 0.3 is 0 Å². The van der Waals surface area contributed by atoms with Crippen LogP contribution in [0.3, 0.4) is 0 Å². The smallest absolute Gasteiger partial charge is 0.195 e. The molecule has 1 aliphatic heterocycles. The summed E-state index contributed by atoms with van der Waals surface area (Å²) in [5, 5.41) is 15.4. The van der Waals surface area contributed by atoms with Crippen LogP contribution in [0.1, 0.15) is 31.9 Å². The SMILES string of the molecule is CCCNCc1c(N2CCCC(O)C2)nc2sccn12. The Bertz CT molecular complexity index is 565. The van der Waals surface area contributed by atoms with Gasteiger partial charge in [-0.25, -0.2) is 4.98 Å². The summed E-state index contributed by atoms with van der Waals surface area (Å²) in [4.78, 5) is 8.03. The first-order chi connectivity index (χ1) is 9.79. The zero-order valence-electron chi connectivity index (χ0n) is 11.9. The molecule has 110 valence electrons. The lowest BCUT2D eigenvalue weighted by Crippen LogP contribution is -2.39. The van der Waals surface area contributed by atoms with Crippen LogP contribution < -0.4 is 10.2 Å². The number of hydrogen-bond acceptors (Lipinski definition) is 5. The molecule has 0 aliphatic carbocycles. The standard InChI is InChI=1S/C14H22N4OS/c1-2-5-15-9-12-13(16-14-18(12)7-8-20-14)17-6-3-4-11(19)10-17/h7-8,11,15,19H,2-6,9-10H2,1H3. The number of thiazole rings is 1. The van der Waals surface area contributed by atoms with E-state index in [0.717, 1.165) is 49.7 Å². The van der Waals surface area contributed by atoms with E-state index < -0.39 is 0 Å². The maximum atomic E-state index is 9.88. The van der Waals surface area contributed by atoms with Crippen molar-refractivity contribution in [3.05, 3.63) is 17.3 Å². The fraction of sp³-hybridized carbons (Fsp3) is 0.643. The van der Waals surface area contributed by atoms with Gasteiger partial charge in [0.2, 0.25) is 0 Å². The quantitative estimate of drug-likeness (QED) is 0.827. The summed E-state index contributed by atoms with van der Waals surface area (Å²) in [5.41, 5.74) is 1.21. The van der Waals surface area contributed by atoms with Crippen molar-refractivity contribution in [1.29, 1.82) is 0 Å². The van der Waals surface area contributed by atoms with E-state index in [1.165, 1.54) is 5.69 Å². The minimum Gasteiger partial charge on any atom is -0.391 e. The van der Waals surface area contributed by atoms with Gasteiger partial charge in [-0.15, -0.1) is 11.3 Å². The summed E-state index contributed by atoms with van der Waals surface area (Å²) in [6.07, 6.45) is 4.93. The number of β-amino-alcohol motifs (C(OH)–C–C–N with tert-alkyl or cyclic N) is 1. The molecule has 5 nitrogen and oxygen atoms in total. The van der Waals surface area contributed by atoms with Gasteiger partial charge in [0, 0.05) is 31.2 Å². The van der Waals surface area contributed by atoms with Crippen molar-refractivity contribution >= 4 is 22.1 Å². The average Bonchev–Trinajstić information content (AvgIpc) is 3.01. The molecule has 1 unspecified atom stereocenters. The number of fused-ring (bicyclic) bond motifs is 1. The number of anilines is 1. The third-order valence-corrected chi connectivity index (χ3v) is 4.51. The molecule has 3 heterocycles. The monoisotopic (exact) mass is 294 g/mol. The van der Waals surface area contributed by atoms with E-state index in [0.29, 0.717) is 6.54 Å². The summed E-state index contributed by atoms with van der Waals surface area (Å²) in [7, 11) is 0. The van der Waals surface area contributed by atoms with Crippen molar-refractivity contribution in [3.63, 3.8) is 0 Å². The van der Waals surface area contributed by atoms with Crippen LogP contribution in [0.2, 0.25) is 0 Å². The van der Waals surface area contributed by atoms with Crippen molar-refractivity contribution in [2.45, 2.75) is 38.8 Å². The summed E-state index contributed by atoms with van der Waals surface area (Å²) in [5.74, 6) is 1.04. The van der Waals surface area contributed by atoms with Gasteiger partial charge in [-0.3, -0.25) is 4.40 Å². The molecular formula is C14H22N4OS. The van der Waals surface area contributed by atoms with Crippen LogP contribution in [0.25, 0.3) is 4.96 Å². The maximum Gasteiger partial charge on any atom is 0.195 e. The molecule has 0 bridgehead atoms. The number of aliphatic hydroxyl groups excluding tert-OH is 1. The Kier molecular flexibility index (Phi) is 4.24. The predicted molar refractivity (Wildman–Crippen MR) is 82.5 cm³/mol. The van der Waals surface area contributed by atoms with Gasteiger partial charge in [-0.1, -0.05) is 6.92 Å². The number of piperidine rings is 1. The second-order valence-electron chi connectivity index (χ2n) is 5.36. The molecule has 0 amide bonds. The van der Waals surface area contributed by atoms with E-state index in [9.17, 15) is 5.11 Å².